The van der Waals surface area contributed by atoms with Gasteiger partial charge >= 0.3 is 0 Å². The Balaban J connectivity index is 0.00000200. The standard InChI is InChI=1S/C14H18F2N2O.ClH/c15-11-4-2-5-12(16)10(11)7-14(19)18-13-6-1-3-9(13)8-17;/h2,4-5,9,13H,1,3,6-8,17H2,(H,18,19);1H. The summed E-state index contributed by atoms with van der Waals surface area (Å²) in [5.41, 5.74) is 5.45. The number of amides is 1. The fourth-order valence-electron chi connectivity index (χ4n) is 2.63. The van der Waals surface area contributed by atoms with E-state index in [1.165, 1.54) is 6.07 Å². The Morgan fingerprint density at radius 2 is 1.95 bits per heavy atom. The van der Waals surface area contributed by atoms with Gasteiger partial charge in [-0.05, 0) is 37.4 Å². The molecule has 1 saturated carbocycles. The van der Waals surface area contributed by atoms with E-state index in [0.717, 1.165) is 31.4 Å². The van der Waals surface area contributed by atoms with Crippen molar-refractivity contribution in [2.45, 2.75) is 31.7 Å². The topological polar surface area (TPSA) is 55.1 Å². The number of nitrogens with one attached hydrogen (secondary N) is 1. The highest BCUT2D eigenvalue weighted by Gasteiger charge is 2.27. The van der Waals surface area contributed by atoms with Crippen molar-refractivity contribution in [1.29, 1.82) is 0 Å². The molecule has 1 aliphatic rings. The van der Waals surface area contributed by atoms with Crippen LogP contribution in [0, 0.1) is 17.6 Å². The lowest BCUT2D eigenvalue weighted by Crippen LogP contribution is -2.40. The maximum Gasteiger partial charge on any atom is 0.224 e. The quantitative estimate of drug-likeness (QED) is 0.896. The van der Waals surface area contributed by atoms with Crippen molar-refractivity contribution < 1.29 is 13.6 Å². The summed E-state index contributed by atoms with van der Waals surface area (Å²) in [7, 11) is 0. The highest BCUT2D eigenvalue weighted by molar-refractivity contribution is 5.85. The van der Waals surface area contributed by atoms with E-state index in [4.69, 9.17) is 5.73 Å². The van der Waals surface area contributed by atoms with Crippen LogP contribution in [0.2, 0.25) is 0 Å². The Labute approximate surface area is 123 Å². The molecule has 112 valence electrons. The second-order valence-corrected chi connectivity index (χ2v) is 4.98. The van der Waals surface area contributed by atoms with Gasteiger partial charge in [-0.2, -0.15) is 0 Å². The highest BCUT2D eigenvalue weighted by Crippen LogP contribution is 2.24. The van der Waals surface area contributed by atoms with E-state index in [0.29, 0.717) is 6.54 Å². The molecule has 3 N–H and O–H groups in total. The first-order valence-electron chi connectivity index (χ1n) is 6.54. The van der Waals surface area contributed by atoms with Crippen LogP contribution >= 0.6 is 12.4 Å². The number of hydrogen-bond acceptors (Lipinski definition) is 2. The molecule has 0 bridgehead atoms. The highest BCUT2D eigenvalue weighted by atomic mass is 35.5. The van der Waals surface area contributed by atoms with E-state index in [-0.39, 0.29) is 42.3 Å². The van der Waals surface area contributed by atoms with Gasteiger partial charge in [0.2, 0.25) is 5.91 Å². The SMILES string of the molecule is Cl.NCC1CCCC1NC(=O)Cc1c(F)cccc1F. The minimum Gasteiger partial charge on any atom is -0.353 e. The fourth-order valence-corrected chi connectivity index (χ4v) is 2.63. The molecule has 3 nitrogen and oxygen atoms in total. The summed E-state index contributed by atoms with van der Waals surface area (Å²) in [6.45, 7) is 0.527. The van der Waals surface area contributed by atoms with Crippen LogP contribution in [0.3, 0.4) is 0 Å². The summed E-state index contributed by atoms with van der Waals surface area (Å²) in [6.07, 6.45) is 2.63. The smallest absolute Gasteiger partial charge is 0.224 e. The largest absolute Gasteiger partial charge is 0.353 e. The number of halogens is 3. The van der Waals surface area contributed by atoms with Crippen LogP contribution in [-0.4, -0.2) is 18.5 Å². The third kappa shape index (κ3) is 3.90. The number of nitrogens with two attached hydrogens (primary N) is 1. The van der Waals surface area contributed by atoms with Crippen LogP contribution in [0.1, 0.15) is 24.8 Å². The Morgan fingerprint density at radius 1 is 1.30 bits per heavy atom. The van der Waals surface area contributed by atoms with E-state index in [9.17, 15) is 13.6 Å². The zero-order chi connectivity index (χ0) is 13.8. The zero-order valence-electron chi connectivity index (χ0n) is 11.1. The maximum absolute atomic E-state index is 13.4. The molecule has 20 heavy (non-hydrogen) atoms. The lowest BCUT2D eigenvalue weighted by atomic mass is 10.0. The number of rotatable bonds is 4. The second kappa shape index (κ2) is 7.55. The Hall–Kier alpha value is -1.20. The first kappa shape index (κ1) is 16.9. The van der Waals surface area contributed by atoms with E-state index >= 15 is 0 Å². The molecular formula is C14H19ClF2N2O. The molecule has 1 aromatic rings. The molecule has 2 rings (SSSR count). The van der Waals surface area contributed by atoms with Crippen molar-refractivity contribution in [2.24, 2.45) is 11.7 Å². The minimum absolute atomic E-state index is 0. The van der Waals surface area contributed by atoms with Gasteiger partial charge in [-0.3, -0.25) is 4.79 Å². The first-order chi connectivity index (χ1) is 9.11. The van der Waals surface area contributed by atoms with E-state index in [2.05, 4.69) is 5.32 Å². The van der Waals surface area contributed by atoms with Gasteiger partial charge in [0.15, 0.2) is 0 Å². The normalized spacial score (nSPS) is 21.4. The summed E-state index contributed by atoms with van der Waals surface area (Å²) < 4.78 is 26.9. The Morgan fingerprint density at radius 3 is 2.55 bits per heavy atom. The van der Waals surface area contributed by atoms with Gasteiger partial charge in [0.05, 0.1) is 6.42 Å². The second-order valence-electron chi connectivity index (χ2n) is 4.98. The molecule has 1 aromatic carbocycles. The van der Waals surface area contributed by atoms with Gasteiger partial charge in [0.25, 0.3) is 0 Å². The van der Waals surface area contributed by atoms with Gasteiger partial charge < -0.3 is 11.1 Å². The summed E-state index contributed by atoms with van der Waals surface area (Å²) in [6, 6.07) is 3.63. The van der Waals surface area contributed by atoms with Crippen molar-refractivity contribution in [3.05, 3.63) is 35.4 Å². The maximum atomic E-state index is 13.4. The monoisotopic (exact) mass is 304 g/mol. The van der Waals surface area contributed by atoms with E-state index < -0.39 is 11.6 Å². The average Bonchev–Trinajstić information content (AvgIpc) is 2.81. The lowest BCUT2D eigenvalue weighted by molar-refractivity contribution is -0.121. The molecule has 1 amide bonds. The lowest BCUT2D eigenvalue weighted by Gasteiger charge is -2.19. The third-order valence-corrected chi connectivity index (χ3v) is 3.71. The number of carbonyl (C=O) groups excluding carboxylic acids is 1. The molecule has 2 atom stereocenters. The predicted octanol–water partition coefficient (Wildman–Crippen LogP) is 2.17. The Kier molecular flexibility index (Phi) is 6.36. The van der Waals surface area contributed by atoms with Crippen molar-refractivity contribution in [3.8, 4) is 0 Å². The van der Waals surface area contributed by atoms with Gasteiger partial charge in [0, 0.05) is 11.6 Å². The zero-order valence-corrected chi connectivity index (χ0v) is 11.9. The molecule has 0 aliphatic heterocycles. The van der Waals surface area contributed by atoms with Crippen molar-refractivity contribution in [1.82, 2.24) is 5.32 Å². The van der Waals surface area contributed by atoms with Crippen LogP contribution in [0.25, 0.3) is 0 Å². The van der Waals surface area contributed by atoms with Crippen LogP contribution in [0.5, 0.6) is 0 Å². The average molecular weight is 305 g/mol. The number of carbonyl (C=O) groups is 1. The van der Waals surface area contributed by atoms with Crippen LogP contribution in [-0.2, 0) is 11.2 Å². The van der Waals surface area contributed by atoms with E-state index in [1.54, 1.807) is 0 Å². The molecule has 0 saturated heterocycles. The molecular weight excluding hydrogens is 286 g/mol. The van der Waals surface area contributed by atoms with Crippen LogP contribution in [0.15, 0.2) is 18.2 Å². The summed E-state index contributed by atoms with van der Waals surface area (Å²) >= 11 is 0. The number of hydrogen-bond donors (Lipinski definition) is 2. The molecule has 0 spiro atoms. The predicted molar refractivity (Wildman–Crippen MR) is 75.6 cm³/mol. The Bertz CT molecular complexity index is 450. The molecule has 6 heteroatoms. The number of benzene rings is 1. The van der Waals surface area contributed by atoms with Crippen molar-refractivity contribution in [3.63, 3.8) is 0 Å². The molecule has 0 aromatic heterocycles. The summed E-state index contributed by atoms with van der Waals surface area (Å²) in [5.74, 6) is -1.45. The van der Waals surface area contributed by atoms with Crippen LogP contribution < -0.4 is 11.1 Å². The van der Waals surface area contributed by atoms with Crippen molar-refractivity contribution in [2.75, 3.05) is 6.54 Å². The van der Waals surface area contributed by atoms with Gasteiger partial charge in [-0.15, -0.1) is 12.4 Å². The fraction of sp³-hybridized carbons (Fsp3) is 0.500. The van der Waals surface area contributed by atoms with Gasteiger partial charge in [-0.25, -0.2) is 8.78 Å². The van der Waals surface area contributed by atoms with E-state index in [1.807, 2.05) is 0 Å². The van der Waals surface area contributed by atoms with Gasteiger partial charge in [-0.1, -0.05) is 12.5 Å². The minimum atomic E-state index is -0.683. The van der Waals surface area contributed by atoms with Crippen molar-refractivity contribution >= 4 is 18.3 Å². The third-order valence-electron chi connectivity index (χ3n) is 3.71. The van der Waals surface area contributed by atoms with Crippen LogP contribution in [0.4, 0.5) is 8.78 Å². The first-order valence-corrected chi connectivity index (χ1v) is 6.54. The summed E-state index contributed by atoms with van der Waals surface area (Å²) in [4.78, 5) is 11.8. The van der Waals surface area contributed by atoms with Gasteiger partial charge in [0.1, 0.15) is 11.6 Å². The molecule has 1 aliphatic carbocycles. The molecule has 2 unspecified atom stereocenters. The summed E-state index contributed by atoms with van der Waals surface area (Å²) in [5, 5.41) is 2.83. The molecule has 0 radical (unpaired) electrons. The molecule has 1 fully saturated rings. The molecule has 0 heterocycles.